The molecule has 1 aromatic carbocycles. The van der Waals surface area contributed by atoms with Gasteiger partial charge in [-0.25, -0.2) is 0 Å². The van der Waals surface area contributed by atoms with E-state index in [1.165, 1.54) is 12.1 Å². The number of alkyl halides is 3. The lowest BCUT2D eigenvalue weighted by atomic mass is 10.2. The Balaban J connectivity index is 3.00. The first kappa shape index (κ1) is 14.6. The number of benzene rings is 1. The maximum absolute atomic E-state index is 12.4. The van der Waals surface area contributed by atoms with Crippen molar-refractivity contribution in [2.75, 3.05) is 5.32 Å². The number of hydrogen-bond donors (Lipinski definition) is 2. The first-order valence-corrected chi connectivity index (χ1v) is 5.04. The molecule has 1 amide bonds. The summed E-state index contributed by atoms with van der Waals surface area (Å²) < 4.78 is 37.3. The number of amides is 1. The van der Waals surface area contributed by atoms with Gasteiger partial charge in [-0.1, -0.05) is 6.07 Å². The van der Waals surface area contributed by atoms with Crippen LogP contribution in [-0.4, -0.2) is 11.0 Å². The molecule has 0 heterocycles. The minimum Gasteiger partial charge on any atom is -0.511 e. The summed E-state index contributed by atoms with van der Waals surface area (Å²) in [4.78, 5) is 11.5. The van der Waals surface area contributed by atoms with Crippen molar-refractivity contribution in [2.45, 2.75) is 13.1 Å². The van der Waals surface area contributed by atoms with E-state index in [1.54, 1.807) is 0 Å². The summed E-state index contributed by atoms with van der Waals surface area (Å²) in [7, 11) is 0. The Morgan fingerprint density at radius 3 is 2.53 bits per heavy atom. The van der Waals surface area contributed by atoms with Crippen molar-refractivity contribution >= 4 is 11.6 Å². The minimum absolute atomic E-state index is 0.117. The van der Waals surface area contributed by atoms with Crippen LogP contribution < -0.4 is 5.32 Å². The van der Waals surface area contributed by atoms with Crippen molar-refractivity contribution in [3.05, 3.63) is 41.2 Å². The predicted octanol–water partition coefficient (Wildman–Crippen LogP) is 3.00. The highest BCUT2D eigenvalue weighted by atomic mass is 19.4. The number of nitrogens with one attached hydrogen (secondary N) is 1. The van der Waals surface area contributed by atoms with Crippen LogP contribution in [-0.2, 0) is 11.0 Å². The van der Waals surface area contributed by atoms with Crippen molar-refractivity contribution in [2.24, 2.45) is 0 Å². The molecule has 0 aliphatic heterocycles. The van der Waals surface area contributed by atoms with Crippen molar-refractivity contribution in [3.63, 3.8) is 0 Å². The molecule has 0 atom stereocenters. The summed E-state index contributed by atoms with van der Waals surface area (Å²) in [6, 6.07) is 5.42. The van der Waals surface area contributed by atoms with Crippen LogP contribution in [0.2, 0.25) is 0 Å². The van der Waals surface area contributed by atoms with E-state index in [-0.39, 0.29) is 5.69 Å². The Hall–Kier alpha value is -2.49. The van der Waals surface area contributed by atoms with Gasteiger partial charge in [0, 0.05) is 5.69 Å². The van der Waals surface area contributed by atoms with Gasteiger partial charge in [0.25, 0.3) is 5.91 Å². The molecule has 0 unspecified atom stereocenters. The van der Waals surface area contributed by atoms with E-state index in [0.29, 0.717) is 0 Å². The molecule has 7 heteroatoms. The second kappa shape index (κ2) is 5.44. The molecule has 0 saturated carbocycles. The Kier molecular flexibility index (Phi) is 4.17. The first-order valence-electron chi connectivity index (χ1n) is 5.04. The number of aliphatic hydroxyl groups is 1. The van der Waals surface area contributed by atoms with Gasteiger partial charge >= 0.3 is 6.18 Å². The number of aliphatic hydroxyl groups excluding tert-OH is 1. The lowest BCUT2D eigenvalue weighted by molar-refractivity contribution is -0.137. The first-order chi connectivity index (χ1) is 8.75. The van der Waals surface area contributed by atoms with Crippen LogP contribution in [0.15, 0.2) is 35.6 Å². The molecule has 1 rings (SSSR count). The molecule has 100 valence electrons. The quantitative estimate of drug-likeness (QED) is 0.493. The molecule has 1 aromatic rings. The largest absolute Gasteiger partial charge is 0.511 e. The van der Waals surface area contributed by atoms with Crippen LogP contribution in [0.4, 0.5) is 18.9 Å². The van der Waals surface area contributed by atoms with Crippen LogP contribution in [0.3, 0.4) is 0 Å². The highest BCUT2D eigenvalue weighted by molar-refractivity contribution is 6.06. The zero-order valence-electron chi connectivity index (χ0n) is 9.75. The van der Waals surface area contributed by atoms with Gasteiger partial charge in [-0.05, 0) is 25.1 Å². The number of carbonyl (C=O) groups is 1. The van der Waals surface area contributed by atoms with E-state index in [9.17, 15) is 18.0 Å². The van der Waals surface area contributed by atoms with Crippen LogP contribution >= 0.6 is 0 Å². The number of carbonyl (C=O) groups excluding carboxylic acids is 1. The molecule has 2 N–H and O–H groups in total. The fourth-order valence-corrected chi connectivity index (χ4v) is 1.26. The van der Waals surface area contributed by atoms with E-state index in [0.717, 1.165) is 25.1 Å². The Bertz CT molecular complexity index is 567. The monoisotopic (exact) mass is 270 g/mol. The molecule has 4 nitrogen and oxygen atoms in total. The van der Waals surface area contributed by atoms with E-state index in [2.05, 4.69) is 5.32 Å². The summed E-state index contributed by atoms with van der Waals surface area (Å²) in [5.41, 5.74) is -1.60. The van der Waals surface area contributed by atoms with Gasteiger partial charge in [-0.2, -0.15) is 18.4 Å². The third-order valence-electron chi connectivity index (χ3n) is 2.15. The number of anilines is 1. The fraction of sp³-hybridized carbons (Fsp3) is 0.167. The highest BCUT2D eigenvalue weighted by Crippen LogP contribution is 2.30. The number of rotatable bonds is 2. The second-order valence-corrected chi connectivity index (χ2v) is 3.60. The van der Waals surface area contributed by atoms with E-state index in [4.69, 9.17) is 10.4 Å². The highest BCUT2D eigenvalue weighted by Gasteiger charge is 2.30. The Morgan fingerprint density at radius 1 is 1.42 bits per heavy atom. The smallest absolute Gasteiger partial charge is 0.416 e. The summed E-state index contributed by atoms with van der Waals surface area (Å²) in [6.07, 6.45) is -4.53. The fourth-order valence-electron chi connectivity index (χ4n) is 1.26. The summed E-state index contributed by atoms with van der Waals surface area (Å²) in [6.45, 7) is 1.13. The maximum Gasteiger partial charge on any atom is 0.416 e. The number of nitriles is 1. The van der Waals surface area contributed by atoms with E-state index >= 15 is 0 Å². The molecular formula is C12H9F3N2O2. The molecule has 0 aliphatic rings. The molecule has 0 spiro atoms. The zero-order valence-corrected chi connectivity index (χ0v) is 9.75. The van der Waals surface area contributed by atoms with Crippen LogP contribution in [0.5, 0.6) is 0 Å². The van der Waals surface area contributed by atoms with E-state index in [1.807, 2.05) is 0 Å². The van der Waals surface area contributed by atoms with Gasteiger partial charge < -0.3 is 10.4 Å². The van der Waals surface area contributed by atoms with Crippen LogP contribution in [0.1, 0.15) is 12.5 Å². The van der Waals surface area contributed by atoms with Crippen LogP contribution in [0, 0.1) is 11.3 Å². The molecular weight excluding hydrogens is 261 g/mol. The number of halogens is 3. The van der Waals surface area contributed by atoms with E-state index < -0.39 is 29.0 Å². The van der Waals surface area contributed by atoms with Gasteiger partial charge in [0.05, 0.1) is 5.56 Å². The predicted molar refractivity (Wildman–Crippen MR) is 61.0 cm³/mol. The molecule has 0 fully saturated rings. The van der Waals surface area contributed by atoms with Crippen molar-refractivity contribution in [3.8, 4) is 6.07 Å². The van der Waals surface area contributed by atoms with Gasteiger partial charge in [0.2, 0.25) is 0 Å². The normalized spacial score (nSPS) is 12.4. The Morgan fingerprint density at radius 2 is 2.05 bits per heavy atom. The third kappa shape index (κ3) is 3.74. The van der Waals surface area contributed by atoms with Crippen molar-refractivity contribution in [1.82, 2.24) is 0 Å². The zero-order chi connectivity index (χ0) is 14.6. The summed E-state index contributed by atoms with van der Waals surface area (Å²) in [5, 5.41) is 19.8. The second-order valence-electron chi connectivity index (χ2n) is 3.60. The maximum atomic E-state index is 12.4. The van der Waals surface area contributed by atoms with Gasteiger partial charge in [-0.15, -0.1) is 0 Å². The number of hydrogen-bond acceptors (Lipinski definition) is 3. The topological polar surface area (TPSA) is 73.1 Å². The lowest BCUT2D eigenvalue weighted by Gasteiger charge is -2.09. The number of nitrogens with zero attached hydrogens (tertiary/aromatic N) is 1. The van der Waals surface area contributed by atoms with Gasteiger partial charge in [0.1, 0.15) is 11.8 Å². The Labute approximate surface area is 106 Å². The standard InChI is InChI=1S/C12H9F3N2O2/c1-7(18)10(6-16)11(19)17-9-4-2-3-8(5-9)12(13,14)15/h2-5,18H,1H3,(H,17,19)/b10-7+. The van der Waals surface area contributed by atoms with Crippen molar-refractivity contribution < 1.29 is 23.1 Å². The van der Waals surface area contributed by atoms with Crippen LogP contribution in [0.25, 0.3) is 0 Å². The molecule has 0 radical (unpaired) electrons. The summed E-state index contributed by atoms with van der Waals surface area (Å²) in [5.74, 6) is -1.48. The molecule has 19 heavy (non-hydrogen) atoms. The SMILES string of the molecule is C/C(O)=C(/C#N)C(=O)Nc1cccc(C(F)(F)F)c1. The third-order valence-corrected chi connectivity index (χ3v) is 2.15. The molecule has 0 bridgehead atoms. The lowest BCUT2D eigenvalue weighted by Crippen LogP contribution is -2.15. The average Bonchev–Trinajstić information content (AvgIpc) is 2.28. The molecule has 0 saturated heterocycles. The van der Waals surface area contributed by atoms with Crippen molar-refractivity contribution in [1.29, 1.82) is 5.26 Å². The number of allylic oxidation sites excluding steroid dienone is 1. The average molecular weight is 270 g/mol. The van der Waals surface area contributed by atoms with Gasteiger partial charge in [0.15, 0.2) is 5.57 Å². The molecule has 0 aliphatic carbocycles. The minimum atomic E-state index is -4.53. The molecule has 0 aromatic heterocycles. The van der Waals surface area contributed by atoms with Gasteiger partial charge in [-0.3, -0.25) is 4.79 Å². The summed E-state index contributed by atoms with van der Waals surface area (Å²) >= 11 is 0.